The van der Waals surface area contributed by atoms with Gasteiger partial charge in [0, 0.05) is 5.69 Å². The maximum atomic E-state index is 12.0. The van der Waals surface area contributed by atoms with Crippen LogP contribution in [-0.2, 0) is 9.53 Å². The summed E-state index contributed by atoms with van der Waals surface area (Å²) in [6.07, 6.45) is 0. The SMILES string of the molecule is CCOC(=O)CNc1nc(Nc2ccc(C)cc2)nc(Oc2cc(=O)oc3ccccc23)n1. The lowest BCUT2D eigenvalue weighted by Crippen LogP contribution is -2.18. The van der Waals surface area contributed by atoms with Crippen molar-refractivity contribution in [3.05, 3.63) is 70.6 Å². The van der Waals surface area contributed by atoms with Gasteiger partial charge in [-0.2, -0.15) is 15.0 Å². The van der Waals surface area contributed by atoms with Gasteiger partial charge < -0.3 is 24.5 Å². The van der Waals surface area contributed by atoms with E-state index in [1.165, 1.54) is 6.07 Å². The molecule has 4 rings (SSSR count). The predicted molar refractivity (Wildman–Crippen MR) is 122 cm³/mol. The number of nitrogens with zero attached hydrogens (tertiary/aromatic N) is 3. The van der Waals surface area contributed by atoms with Gasteiger partial charge in [-0.05, 0) is 38.1 Å². The van der Waals surface area contributed by atoms with Crippen LogP contribution >= 0.6 is 0 Å². The molecule has 0 unspecified atom stereocenters. The molecule has 10 heteroatoms. The molecule has 2 heterocycles. The van der Waals surface area contributed by atoms with Gasteiger partial charge in [0.2, 0.25) is 11.9 Å². The van der Waals surface area contributed by atoms with E-state index in [9.17, 15) is 9.59 Å². The first-order valence-corrected chi connectivity index (χ1v) is 10.2. The minimum atomic E-state index is -0.573. The topological polar surface area (TPSA) is 128 Å². The number of aromatic nitrogens is 3. The van der Waals surface area contributed by atoms with Gasteiger partial charge in [0.05, 0.1) is 18.1 Å². The molecule has 168 valence electrons. The van der Waals surface area contributed by atoms with E-state index in [0.29, 0.717) is 11.0 Å². The average Bonchev–Trinajstić information content (AvgIpc) is 2.79. The molecule has 0 saturated heterocycles. The van der Waals surface area contributed by atoms with Crippen molar-refractivity contribution >= 4 is 34.5 Å². The number of hydrogen-bond donors (Lipinski definition) is 2. The number of para-hydroxylation sites is 1. The molecule has 4 aromatic rings. The fourth-order valence-corrected chi connectivity index (χ4v) is 2.93. The highest BCUT2D eigenvalue weighted by Crippen LogP contribution is 2.28. The van der Waals surface area contributed by atoms with Crippen LogP contribution in [-0.4, -0.2) is 34.1 Å². The lowest BCUT2D eigenvalue weighted by Gasteiger charge is -2.11. The number of fused-ring (bicyclic) bond motifs is 1. The van der Waals surface area contributed by atoms with E-state index in [4.69, 9.17) is 13.9 Å². The Balaban J connectivity index is 1.67. The van der Waals surface area contributed by atoms with Gasteiger partial charge in [0.15, 0.2) is 0 Å². The fourth-order valence-electron chi connectivity index (χ4n) is 2.93. The number of benzene rings is 2. The lowest BCUT2D eigenvalue weighted by atomic mass is 10.2. The summed E-state index contributed by atoms with van der Waals surface area (Å²) < 4.78 is 16.0. The summed E-state index contributed by atoms with van der Waals surface area (Å²) in [4.78, 5) is 36.5. The number of esters is 1. The molecule has 33 heavy (non-hydrogen) atoms. The number of carbonyl (C=O) groups excluding carboxylic acids is 1. The Labute approximate surface area is 188 Å². The maximum absolute atomic E-state index is 12.0. The van der Waals surface area contributed by atoms with Crippen LogP contribution in [0.4, 0.5) is 17.6 Å². The van der Waals surface area contributed by atoms with Crippen LogP contribution < -0.4 is 21.0 Å². The molecule has 0 radical (unpaired) electrons. The molecule has 0 spiro atoms. The van der Waals surface area contributed by atoms with Crippen LogP contribution in [0.2, 0.25) is 0 Å². The summed E-state index contributed by atoms with van der Waals surface area (Å²) in [5.41, 5.74) is 1.65. The number of anilines is 3. The molecule has 2 N–H and O–H groups in total. The van der Waals surface area contributed by atoms with E-state index in [2.05, 4.69) is 25.6 Å². The first kappa shape index (κ1) is 21.8. The molecule has 0 amide bonds. The molecule has 0 aliphatic heterocycles. The number of hydrogen-bond acceptors (Lipinski definition) is 10. The fraction of sp³-hybridized carbons (Fsp3) is 0.174. The average molecular weight is 447 g/mol. The van der Waals surface area contributed by atoms with Gasteiger partial charge in [-0.25, -0.2) is 4.79 Å². The van der Waals surface area contributed by atoms with Crippen molar-refractivity contribution in [2.45, 2.75) is 13.8 Å². The van der Waals surface area contributed by atoms with Crippen molar-refractivity contribution in [1.29, 1.82) is 0 Å². The van der Waals surface area contributed by atoms with Crippen molar-refractivity contribution in [2.75, 3.05) is 23.8 Å². The number of aryl methyl sites for hydroxylation is 1. The Morgan fingerprint density at radius 1 is 1.03 bits per heavy atom. The molecule has 0 atom stereocenters. The highest BCUT2D eigenvalue weighted by atomic mass is 16.5. The molecule has 0 aliphatic carbocycles. The van der Waals surface area contributed by atoms with Crippen LogP contribution in [0.3, 0.4) is 0 Å². The Morgan fingerprint density at radius 2 is 1.79 bits per heavy atom. The quantitative estimate of drug-likeness (QED) is 0.304. The smallest absolute Gasteiger partial charge is 0.339 e. The Bertz CT molecular complexity index is 1340. The van der Waals surface area contributed by atoms with E-state index in [1.54, 1.807) is 31.2 Å². The Morgan fingerprint density at radius 3 is 2.58 bits per heavy atom. The zero-order chi connectivity index (χ0) is 23.2. The first-order chi connectivity index (χ1) is 16.0. The highest BCUT2D eigenvalue weighted by Gasteiger charge is 2.14. The second kappa shape index (κ2) is 9.77. The van der Waals surface area contributed by atoms with E-state index < -0.39 is 11.6 Å². The van der Waals surface area contributed by atoms with Gasteiger partial charge in [0.25, 0.3) is 0 Å². The minimum absolute atomic E-state index is 0.0817. The summed E-state index contributed by atoms with van der Waals surface area (Å²) in [6, 6.07) is 15.7. The van der Waals surface area contributed by atoms with Crippen molar-refractivity contribution in [1.82, 2.24) is 15.0 Å². The molecule has 2 aromatic heterocycles. The maximum Gasteiger partial charge on any atom is 0.339 e. The highest BCUT2D eigenvalue weighted by molar-refractivity contribution is 5.83. The van der Waals surface area contributed by atoms with Gasteiger partial charge in [0.1, 0.15) is 17.9 Å². The van der Waals surface area contributed by atoms with E-state index >= 15 is 0 Å². The van der Waals surface area contributed by atoms with E-state index in [1.807, 2.05) is 31.2 Å². The van der Waals surface area contributed by atoms with Crippen LogP contribution in [0.15, 0.2) is 63.8 Å². The lowest BCUT2D eigenvalue weighted by molar-refractivity contribution is -0.140. The van der Waals surface area contributed by atoms with Crippen LogP contribution in [0.25, 0.3) is 11.0 Å². The van der Waals surface area contributed by atoms with Crippen LogP contribution in [0, 0.1) is 6.92 Å². The molecule has 0 aliphatic rings. The number of ether oxygens (including phenoxy) is 2. The third-order valence-corrected chi connectivity index (χ3v) is 4.43. The van der Waals surface area contributed by atoms with Gasteiger partial charge in [-0.15, -0.1) is 0 Å². The molecule has 0 fully saturated rings. The predicted octanol–water partition coefficient (Wildman–Crippen LogP) is 3.80. The number of nitrogens with one attached hydrogen (secondary N) is 2. The van der Waals surface area contributed by atoms with E-state index in [0.717, 1.165) is 11.3 Å². The zero-order valence-electron chi connectivity index (χ0n) is 18.0. The van der Waals surface area contributed by atoms with Crippen molar-refractivity contribution in [3.63, 3.8) is 0 Å². The number of rotatable bonds is 8. The Hall–Kier alpha value is -4.47. The molecular weight excluding hydrogens is 426 g/mol. The van der Waals surface area contributed by atoms with Crippen molar-refractivity contribution in [2.24, 2.45) is 0 Å². The summed E-state index contributed by atoms with van der Waals surface area (Å²) in [6.45, 7) is 3.82. The first-order valence-electron chi connectivity index (χ1n) is 10.2. The summed E-state index contributed by atoms with van der Waals surface area (Å²) in [5.74, 6) is 0.0446. The van der Waals surface area contributed by atoms with Gasteiger partial charge in [-0.3, -0.25) is 4.79 Å². The largest absolute Gasteiger partial charge is 0.465 e. The van der Waals surface area contributed by atoms with Crippen molar-refractivity contribution < 1.29 is 18.7 Å². The summed E-state index contributed by atoms with van der Waals surface area (Å²) in [7, 11) is 0. The normalized spacial score (nSPS) is 10.6. The molecule has 2 aromatic carbocycles. The van der Waals surface area contributed by atoms with Gasteiger partial charge >= 0.3 is 17.6 Å². The third kappa shape index (κ3) is 5.62. The summed E-state index contributed by atoms with van der Waals surface area (Å²) >= 11 is 0. The second-order valence-electron chi connectivity index (χ2n) is 6.94. The standard InChI is InChI=1S/C23H21N5O5/c1-3-31-20(30)13-24-21-26-22(25-15-10-8-14(2)9-11-15)28-23(27-21)33-18-12-19(29)32-17-7-5-4-6-16(17)18/h4-12H,3,13H2,1-2H3,(H2,24,25,26,27,28). The minimum Gasteiger partial charge on any atom is -0.465 e. The van der Waals surface area contributed by atoms with Crippen LogP contribution in [0.1, 0.15) is 12.5 Å². The molecule has 10 nitrogen and oxygen atoms in total. The molecule has 0 saturated carbocycles. The number of carbonyl (C=O) groups is 1. The Kier molecular flexibility index (Phi) is 6.44. The van der Waals surface area contributed by atoms with Crippen molar-refractivity contribution in [3.8, 4) is 11.8 Å². The van der Waals surface area contributed by atoms with Crippen LogP contribution in [0.5, 0.6) is 11.8 Å². The van der Waals surface area contributed by atoms with Gasteiger partial charge in [-0.1, -0.05) is 29.8 Å². The zero-order valence-corrected chi connectivity index (χ0v) is 18.0. The molecular formula is C23H21N5O5. The van der Waals surface area contributed by atoms with E-state index in [-0.39, 0.29) is 36.8 Å². The summed E-state index contributed by atoms with van der Waals surface area (Å²) in [5, 5.41) is 6.46. The third-order valence-electron chi connectivity index (χ3n) is 4.43. The second-order valence-corrected chi connectivity index (χ2v) is 6.94. The monoisotopic (exact) mass is 447 g/mol. The molecule has 0 bridgehead atoms.